The molecule has 0 radical (unpaired) electrons. The Kier molecular flexibility index (Phi) is 6.03. The normalized spacial score (nSPS) is 16.4. The number of para-hydroxylation sites is 1. The maximum atomic E-state index is 13.3. The Balaban J connectivity index is 1.90. The molecule has 0 aromatic heterocycles. The molecule has 7 nitrogen and oxygen atoms in total. The van der Waals surface area contributed by atoms with Gasteiger partial charge in [0.25, 0.3) is 11.8 Å². The number of anilines is 1. The molecule has 0 saturated carbocycles. The molecule has 1 N–H and O–H groups in total. The monoisotopic (exact) mass is 453 g/mol. The summed E-state index contributed by atoms with van der Waals surface area (Å²) in [6.07, 6.45) is -5.40. The first-order valence-corrected chi connectivity index (χ1v) is 9.28. The number of hydrogen-bond acceptors (Lipinski definition) is 4. The van der Waals surface area contributed by atoms with Gasteiger partial charge in [-0.1, -0.05) is 23.7 Å². The van der Waals surface area contributed by atoms with E-state index in [4.69, 9.17) is 11.6 Å². The Morgan fingerprint density at radius 1 is 1.10 bits per heavy atom. The zero-order valence-corrected chi connectivity index (χ0v) is 16.7. The summed E-state index contributed by atoms with van der Waals surface area (Å²) in [5.41, 5.74) is 0.551. The van der Waals surface area contributed by atoms with Crippen molar-refractivity contribution in [2.45, 2.75) is 25.6 Å². The fourth-order valence-corrected chi connectivity index (χ4v) is 3.26. The number of amides is 4. The summed E-state index contributed by atoms with van der Waals surface area (Å²) in [4.78, 5) is 50.3. The van der Waals surface area contributed by atoms with Gasteiger partial charge in [-0.25, -0.2) is 9.91 Å². The first kappa shape index (κ1) is 22.3. The van der Waals surface area contributed by atoms with Gasteiger partial charge in [0.15, 0.2) is 0 Å². The van der Waals surface area contributed by atoms with Crippen LogP contribution >= 0.6 is 11.6 Å². The van der Waals surface area contributed by atoms with E-state index in [1.165, 1.54) is 30.3 Å². The van der Waals surface area contributed by atoms with E-state index in [-0.39, 0.29) is 5.56 Å². The molecule has 162 valence electrons. The lowest BCUT2D eigenvalue weighted by Crippen LogP contribution is -2.54. The average Bonchev–Trinajstić information content (AvgIpc) is 2.99. The van der Waals surface area contributed by atoms with Crippen LogP contribution in [-0.4, -0.2) is 34.7 Å². The topological polar surface area (TPSA) is 86.8 Å². The second-order valence-electron chi connectivity index (χ2n) is 6.64. The molecule has 1 saturated heterocycles. The van der Waals surface area contributed by atoms with E-state index >= 15 is 0 Å². The Labute approximate surface area is 179 Å². The van der Waals surface area contributed by atoms with Crippen LogP contribution in [0.1, 0.15) is 29.3 Å². The van der Waals surface area contributed by atoms with Crippen molar-refractivity contribution in [1.29, 1.82) is 0 Å². The zero-order valence-electron chi connectivity index (χ0n) is 15.9. The number of carbonyl (C=O) groups is 4. The number of nitrogens with one attached hydrogen (secondary N) is 1. The van der Waals surface area contributed by atoms with Crippen LogP contribution in [0.15, 0.2) is 48.5 Å². The van der Waals surface area contributed by atoms with Gasteiger partial charge in [0.2, 0.25) is 11.8 Å². The maximum absolute atomic E-state index is 13.3. The van der Waals surface area contributed by atoms with E-state index in [0.717, 1.165) is 25.1 Å². The molecule has 1 unspecified atom stereocenters. The van der Waals surface area contributed by atoms with Crippen LogP contribution in [-0.2, 0) is 20.6 Å². The van der Waals surface area contributed by atoms with E-state index in [9.17, 15) is 32.3 Å². The molecule has 0 bridgehead atoms. The van der Waals surface area contributed by atoms with Crippen molar-refractivity contribution in [3.63, 3.8) is 0 Å². The first-order valence-electron chi connectivity index (χ1n) is 8.90. The van der Waals surface area contributed by atoms with Crippen LogP contribution in [0.25, 0.3) is 0 Å². The van der Waals surface area contributed by atoms with Crippen LogP contribution in [0.2, 0.25) is 5.02 Å². The molecule has 3 rings (SSSR count). The highest BCUT2D eigenvalue weighted by atomic mass is 35.5. The summed E-state index contributed by atoms with van der Waals surface area (Å²) in [5.74, 6) is -3.53. The number of benzene rings is 2. The first-order chi connectivity index (χ1) is 14.5. The summed E-state index contributed by atoms with van der Waals surface area (Å²) in [7, 11) is 0. The van der Waals surface area contributed by atoms with E-state index in [0.29, 0.717) is 14.9 Å². The summed E-state index contributed by atoms with van der Waals surface area (Å²) in [6.45, 7) is 1.05. The van der Waals surface area contributed by atoms with E-state index < -0.39 is 53.5 Å². The SMILES string of the molecule is CC(=O)N(NC(=O)c1ccc(Cl)cc1)C1CC(=O)N(c2ccccc2C(F)(F)F)C1=O. The van der Waals surface area contributed by atoms with Crippen LogP contribution in [0.5, 0.6) is 0 Å². The predicted molar refractivity (Wildman–Crippen MR) is 104 cm³/mol. The van der Waals surface area contributed by atoms with Crippen molar-refractivity contribution >= 4 is 40.9 Å². The molecule has 31 heavy (non-hydrogen) atoms. The van der Waals surface area contributed by atoms with Crippen molar-refractivity contribution in [3.8, 4) is 0 Å². The Morgan fingerprint density at radius 2 is 1.71 bits per heavy atom. The second-order valence-corrected chi connectivity index (χ2v) is 7.08. The van der Waals surface area contributed by atoms with Crippen LogP contribution < -0.4 is 10.3 Å². The number of halogens is 4. The molecule has 4 amide bonds. The van der Waals surface area contributed by atoms with E-state index in [2.05, 4.69) is 5.43 Å². The maximum Gasteiger partial charge on any atom is 0.418 e. The summed E-state index contributed by atoms with van der Waals surface area (Å²) >= 11 is 5.77. The van der Waals surface area contributed by atoms with Gasteiger partial charge in [0, 0.05) is 17.5 Å². The Bertz CT molecular complexity index is 1060. The van der Waals surface area contributed by atoms with Crippen molar-refractivity contribution in [1.82, 2.24) is 10.4 Å². The summed E-state index contributed by atoms with van der Waals surface area (Å²) < 4.78 is 40.0. The molecule has 2 aromatic carbocycles. The lowest BCUT2D eigenvalue weighted by molar-refractivity contribution is -0.139. The molecular formula is C20H15ClF3N3O4. The van der Waals surface area contributed by atoms with Crippen LogP contribution in [0.3, 0.4) is 0 Å². The largest absolute Gasteiger partial charge is 0.418 e. The third-order valence-corrected chi connectivity index (χ3v) is 4.80. The molecule has 1 fully saturated rings. The minimum Gasteiger partial charge on any atom is -0.274 e. The summed E-state index contributed by atoms with van der Waals surface area (Å²) in [6, 6.07) is 8.25. The van der Waals surface area contributed by atoms with Gasteiger partial charge in [0.1, 0.15) is 6.04 Å². The number of nitrogens with zero attached hydrogens (tertiary/aromatic N) is 2. The van der Waals surface area contributed by atoms with Gasteiger partial charge >= 0.3 is 6.18 Å². The fourth-order valence-electron chi connectivity index (χ4n) is 3.13. The minimum atomic E-state index is -4.81. The van der Waals surface area contributed by atoms with Crippen LogP contribution in [0.4, 0.5) is 18.9 Å². The molecular weight excluding hydrogens is 439 g/mol. The molecule has 1 aliphatic heterocycles. The van der Waals surface area contributed by atoms with Crippen molar-refractivity contribution in [2.24, 2.45) is 0 Å². The molecule has 0 aliphatic carbocycles. The smallest absolute Gasteiger partial charge is 0.274 e. The third kappa shape index (κ3) is 4.53. The molecule has 1 atom stereocenters. The zero-order chi connectivity index (χ0) is 22.9. The number of imide groups is 1. The molecule has 11 heteroatoms. The van der Waals surface area contributed by atoms with E-state index in [1.807, 2.05) is 0 Å². The number of hydrazine groups is 1. The molecule has 2 aromatic rings. The van der Waals surface area contributed by atoms with Gasteiger partial charge in [0.05, 0.1) is 17.7 Å². The predicted octanol–water partition coefficient (Wildman–Crippen LogP) is 3.18. The third-order valence-electron chi connectivity index (χ3n) is 4.55. The summed E-state index contributed by atoms with van der Waals surface area (Å²) in [5, 5.41) is 1.02. The highest BCUT2D eigenvalue weighted by molar-refractivity contribution is 6.30. The van der Waals surface area contributed by atoms with Gasteiger partial charge in [-0.3, -0.25) is 24.6 Å². The Hall–Kier alpha value is -3.40. The highest BCUT2D eigenvalue weighted by Gasteiger charge is 2.47. The number of alkyl halides is 3. The van der Waals surface area contributed by atoms with Crippen molar-refractivity contribution in [3.05, 3.63) is 64.7 Å². The molecule has 0 spiro atoms. The van der Waals surface area contributed by atoms with Crippen molar-refractivity contribution in [2.75, 3.05) is 4.90 Å². The minimum absolute atomic E-state index is 0.117. The Morgan fingerprint density at radius 3 is 2.29 bits per heavy atom. The van der Waals surface area contributed by atoms with Crippen molar-refractivity contribution < 1.29 is 32.3 Å². The van der Waals surface area contributed by atoms with E-state index in [1.54, 1.807) is 0 Å². The lowest BCUT2D eigenvalue weighted by atomic mass is 10.1. The fraction of sp³-hybridized carbons (Fsp3) is 0.200. The second kappa shape index (κ2) is 8.38. The van der Waals surface area contributed by atoms with Gasteiger partial charge < -0.3 is 0 Å². The quantitative estimate of drug-likeness (QED) is 0.571. The van der Waals surface area contributed by atoms with Gasteiger partial charge in [-0.15, -0.1) is 0 Å². The van der Waals surface area contributed by atoms with Gasteiger partial charge in [-0.05, 0) is 36.4 Å². The van der Waals surface area contributed by atoms with Gasteiger partial charge in [-0.2, -0.15) is 13.2 Å². The highest BCUT2D eigenvalue weighted by Crippen LogP contribution is 2.38. The number of carbonyl (C=O) groups excluding carboxylic acids is 4. The molecule has 1 heterocycles. The lowest BCUT2D eigenvalue weighted by Gasteiger charge is -2.27. The van der Waals surface area contributed by atoms with Crippen LogP contribution in [0, 0.1) is 0 Å². The standard InChI is InChI=1S/C20H15ClF3N3O4/c1-11(28)27(25-18(30)12-6-8-13(21)9-7-12)16-10-17(29)26(19(16)31)15-5-3-2-4-14(15)20(22,23)24/h2-9,16H,10H2,1H3,(H,25,30). The number of hydrogen-bond donors (Lipinski definition) is 1. The molecule has 1 aliphatic rings. The average molecular weight is 454 g/mol. The number of rotatable bonds is 3.